The van der Waals surface area contributed by atoms with Gasteiger partial charge in [0.1, 0.15) is 5.82 Å². The Hall–Kier alpha value is -2.34. The van der Waals surface area contributed by atoms with Crippen LogP contribution in [-0.2, 0) is 11.0 Å². The van der Waals surface area contributed by atoms with Crippen molar-refractivity contribution in [3.8, 4) is 11.4 Å². The van der Waals surface area contributed by atoms with Crippen molar-refractivity contribution in [2.24, 2.45) is 0 Å². The van der Waals surface area contributed by atoms with Gasteiger partial charge in [0.15, 0.2) is 0 Å². The van der Waals surface area contributed by atoms with Gasteiger partial charge in [-0.1, -0.05) is 106 Å². The predicted molar refractivity (Wildman–Crippen MR) is 176 cm³/mol. The summed E-state index contributed by atoms with van der Waals surface area (Å²) in [7, 11) is 0. The third-order valence-corrected chi connectivity index (χ3v) is 7.99. The minimum Gasteiger partial charge on any atom is -0.342 e. The largest absolute Gasteiger partial charge is 0.342 e. The fraction of sp³-hybridized carbons (Fsp3) is 0.364. The molecule has 7 heteroatoms. The minimum atomic E-state index is -0.338. The fourth-order valence-electron chi connectivity index (χ4n) is 5.95. The summed E-state index contributed by atoms with van der Waals surface area (Å²) in [5, 5.41) is 3.55. The average Bonchev–Trinajstić information content (AvgIpc) is 3.32. The second-order valence-corrected chi connectivity index (χ2v) is 11.5. The van der Waals surface area contributed by atoms with E-state index >= 15 is 0 Å². The second kappa shape index (κ2) is 14.0. The molecular weight excluding hydrogens is 559 g/mol. The summed E-state index contributed by atoms with van der Waals surface area (Å²) in [5.41, 5.74) is 7.13. The van der Waals surface area contributed by atoms with E-state index in [-0.39, 0.29) is 54.1 Å². The number of nitrogens with zero attached hydrogens (tertiary/aromatic N) is 2. The molecule has 1 aliphatic heterocycles. The fourth-order valence-corrected chi connectivity index (χ4v) is 5.95. The Labute approximate surface area is 258 Å². The maximum atomic E-state index is 5.37. The Balaban J connectivity index is 0.00000187. The number of piperazine rings is 1. The van der Waals surface area contributed by atoms with Gasteiger partial charge in [-0.05, 0) is 36.0 Å². The molecule has 1 unspecified atom stereocenters. The molecule has 2 heterocycles. The van der Waals surface area contributed by atoms with Gasteiger partial charge in [-0.25, -0.2) is 4.98 Å². The highest BCUT2D eigenvalue weighted by Gasteiger charge is 2.46. The molecule has 0 spiro atoms. The smallest absolute Gasteiger partial charge is 0.137 e. The highest BCUT2D eigenvalue weighted by molar-refractivity contribution is 5.86. The molecule has 1 atom stereocenters. The quantitative estimate of drug-likeness (QED) is 0.236. The van der Waals surface area contributed by atoms with Crippen LogP contribution in [0.1, 0.15) is 61.7 Å². The van der Waals surface area contributed by atoms with E-state index in [0.29, 0.717) is 0 Å². The number of halogens is 3. The van der Waals surface area contributed by atoms with Gasteiger partial charge in [-0.15, -0.1) is 37.2 Å². The highest BCUT2D eigenvalue weighted by Crippen LogP contribution is 2.47. The van der Waals surface area contributed by atoms with E-state index in [1.807, 2.05) is 0 Å². The molecule has 0 aliphatic carbocycles. The van der Waals surface area contributed by atoms with Gasteiger partial charge >= 0.3 is 0 Å². The number of H-pyrrole nitrogens is 1. The van der Waals surface area contributed by atoms with Crippen LogP contribution in [0.5, 0.6) is 0 Å². The van der Waals surface area contributed by atoms with Crippen LogP contribution in [0.4, 0.5) is 0 Å². The van der Waals surface area contributed by atoms with E-state index in [2.05, 4.69) is 135 Å². The van der Waals surface area contributed by atoms with Crippen LogP contribution in [0.15, 0.2) is 84.9 Å². The van der Waals surface area contributed by atoms with Gasteiger partial charge in [-0.2, -0.15) is 0 Å². The number of hydrogen-bond acceptors (Lipinski definition) is 3. The lowest BCUT2D eigenvalue weighted by atomic mass is 9.72. The van der Waals surface area contributed by atoms with Crippen molar-refractivity contribution in [2.75, 3.05) is 26.2 Å². The van der Waals surface area contributed by atoms with Crippen LogP contribution >= 0.6 is 37.2 Å². The number of aromatic nitrogens is 2. The second-order valence-electron chi connectivity index (χ2n) is 11.5. The zero-order valence-corrected chi connectivity index (χ0v) is 26.6. The van der Waals surface area contributed by atoms with Crippen molar-refractivity contribution < 1.29 is 0 Å². The monoisotopic (exact) mass is 600 g/mol. The summed E-state index contributed by atoms with van der Waals surface area (Å²) >= 11 is 0. The molecule has 1 fully saturated rings. The maximum Gasteiger partial charge on any atom is 0.137 e. The van der Waals surface area contributed by atoms with Crippen molar-refractivity contribution in [1.29, 1.82) is 0 Å². The number of aryl methyl sites for hydroxylation is 1. The number of rotatable bonds is 6. The number of aromatic amines is 1. The SMILES string of the molecule is Cc1[nH]c(-c2ccc(C(C)(C)C)cc2)nc1C(C)(C(c1ccccc1)c1ccccc1)N1CCNCC1.Cl.Cl.Cl. The van der Waals surface area contributed by atoms with Gasteiger partial charge < -0.3 is 10.3 Å². The van der Waals surface area contributed by atoms with E-state index in [1.165, 1.54) is 16.7 Å². The van der Waals surface area contributed by atoms with Crippen LogP contribution in [0.25, 0.3) is 11.4 Å². The van der Waals surface area contributed by atoms with Crippen molar-refractivity contribution in [2.45, 2.75) is 51.5 Å². The van der Waals surface area contributed by atoms with Gasteiger partial charge in [0, 0.05) is 43.4 Å². The summed E-state index contributed by atoms with van der Waals surface area (Å²) < 4.78 is 0. The van der Waals surface area contributed by atoms with E-state index in [0.717, 1.165) is 49.0 Å². The zero-order chi connectivity index (χ0) is 26.0. The molecule has 5 rings (SSSR count). The topological polar surface area (TPSA) is 44.0 Å². The van der Waals surface area contributed by atoms with Gasteiger partial charge in [-0.3, -0.25) is 4.90 Å². The van der Waals surface area contributed by atoms with Crippen LogP contribution in [0.2, 0.25) is 0 Å². The summed E-state index contributed by atoms with van der Waals surface area (Å²) in [4.78, 5) is 11.7. The lowest BCUT2D eigenvalue weighted by Gasteiger charge is -2.48. The van der Waals surface area contributed by atoms with Gasteiger partial charge in [0.2, 0.25) is 0 Å². The summed E-state index contributed by atoms with van der Waals surface area (Å²) in [6, 6.07) is 30.8. The molecule has 4 nitrogen and oxygen atoms in total. The van der Waals surface area contributed by atoms with E-state index in [9.17, 15) is 0 Å². The molecule has 1 aliphatic rings. The molecule has 0 amide bonds. The van der Waals surface area contributed by atoms with Crippen LogP contribution < -0.4 is 5.32 Å². The third kappa shape index (κ3) is 6.75. The Bertz CT molecular complexity index is 1270. The van der Waals surface area contributed by atoms with E-state index in [1.54, 1.807) is 0 Å². The van der Waals surface area contributed by atoms with Crippen molar-refractivity contribution in [3.05, 3.63) is 113 Å². The van der Waals surface area contributed by atoms with Crippen molar-refractivity contribution >= 4 is 37.2 Å². The number of hydrogen-bond donors (Lipinski definition) is 2. The first-order valence-corrected chi connectivity index (χ1v) is 13.5. The standard InChI is InChI=1S/C33H40N4.3ClH/c1-24-30(36-31(35-24)27-16-18-28(19-17-27)32(2,3)4)33(5,37-22-20-34-21-23-37)29(25-12-8-6-9-13-25)26-14-10-7-11-15-26;;;/h6-19,29,34H,20-23H2,1-5H3,(H,35,36);3*1H. The Morgan fingerprint density at radius 2 is 1.23 bits per heavy atom. The lowest BCUT2D eigenvalue weighted by molar-refractivity contribution is 0.0673. The normalized spacial score (nSPS) is 15.3. The molecule has 2 N–H and O–H groups in total. The van der Waals surface area contributed by atoms with Crippen molar-refractivity contribution in [3.63, 3.8) is 0 Å². The minimum absolute atomic E-state index is 0. The first-order valence-electron chi connectivity index (χ1n) is 13.5. The Morgan fingerprint density at radius 1 is 0.725 bits per heavy atom. The molecule has 0 bridgehead atoms. The van der Waals surface area contributed by atoms with E-state index in [4.69, 9.17) is 4.98 Å². The van der Waals surface area contributed by atoms with Crippen molar-refractivity contribution in [1.82, 2.24) is 20.2 Å². The third-order valence-electron chi connectivity index (χ3n) is 7.99. The van der Waals surface area contributed by atoms with Gasteiger partial charge in [0.05, 0.1) is 11.2 Å². The molecule has 4 aromatic rings. The lowest BCUT2D eigenvalue weighted by Crippen LogP contribution is -2.56. The Morgan fingerprint density at radius 3 is 1.70 bits per heavy atom. The summed E-state index contributed by atoms with van der Waals surface area (Å²) in [6.45, 7) is 15.3. The van der Waals surface area contributed by atoms with Crippen LogP contribution in [0.3, 0.4) is 0 Å². The molecule has 0 radical (unpaired) electrons. The number of nitrogens with one attached hydrogen (secondary N) is 2. The van der Waals surface area contributed by atoms with E-state index < -0.39 is 0 Å². The molecule has 3 aromatic carbocycles. The molecule has 1 saturated heterocycles. The molecular formula is C33H43Cl3N4. The van der Waals surface area contributed by atoms with Crippen LogP contribution in [0, 0.1) is 6.92 Å². The molecule has 216 valence electrons. The number of imidazole rings is 1. The highest BCUT2D eigenvalue weighted by atomic mass is 35.5. The average molecular weight is 602 g/mol. The van der Waals surface area contributed by atoms with Crippen LogP contribution in [-0.4, -0.2) is 41.0 Å². The maximum absolute atomic E-state index is 5.37. The Kier molecular flexibility index (Phi) is 11.9. The number of benzene rings is 3. The molecule has 40 heavy (non-hydrogen) atoms. The summed E-state index contributed by atoms with van der Waals surface area (Å²) in [5.74, 6) is 1.07. The molecule has 1 aromatic heterocycles. The first kappa shape index (κ1) is 33.9. The zero-order valence-electron chi connectivity index (χ0n) is 24.1. The van der Waals surface area contributed by atoms with Gasteiger partial charge in [0.25, 0.3) is 0 Å². The predicted octanol–water partition coefficient (Wildman–Crippen LogP) is 7.90. The first-order chi connectivity index (χ1) is 17.8. The summed E-state index contributed by atoms with van der Waals surface area (Å²) in [6.07, 6.45) is 0. The molecule has 0 saturated carbocycles.